The van der Waals surface area contributed by atoms with Crippen LogP contribution in [0.5, 0.6) is 0 Å². The molecule has 0 aromatic heterocycles. The zero-order valence-electron chi connectivity index (χ0n) is 16.6. The summed E-state index contributed by atoms with van der Waals surface area (Å²) in [5.41, 5.74) is 4.49. The van der Waals surface area contributed by atoms with Crippen molar-refractivity contribution in [3.8, 4) is 0 Å². The summed E-state index contributed by atoms with van der Waals surface area (Å²) in [6, 6.07) is 11.4. The van der Waals surface area contributed by atoms with Crippen LogP contribution in [0.1, 0.15) is 36.0 Å². The van der Waals surface area contributed by atoms with Crippen molar-refractivity contribution >= 4 is 38.7 Å². The predicted octanol–water partition coefficient (Wildman–Crippen LogP) is 4.60. The van der Waals surface area contributed by atoms with Crippen LogP contribution in [-0.2, 0) is 10.0 Å². The second kappa shape index (κ2) is 8.59. The van der Waals surface area contributed by atoms with E-state index in [-0.39, 0.29) is 4.90 Å². The van der Waals surface area contributed by atoms with Crippen LogP contribution in [0.3, 0.4) is 0 Å². The molecular formula is C21H27N3O2S2. The van der Waals surface area contributed by atoms with Crippen LogP contribution >= 0.6 is 12.2 Å². The number of anilines is 2. The zero-order chi connectivity index (χ0) is 20.3. The van der Waals surface area contributed by atoms with E-state index >= 15 is 0 Å². The highest BCUT2D eigenvalue weighted by atomic mass is 32.2. The van der Waals surface area contributed by atoms with Crippen molar-refractivity contribution in [2.24, 2.45) is 0 Å². The summed E-state index contributed by atoms with van der Waals surface area (Å²) in [7, 11) is -3.57. The Morgan fingerprint density at radius 1 is 0.964 bits per heavy atom. The van der Waals surface area contributed by atoms with Gasteiger partial charge in [-0.15, -0.1) is 0 Å². The molecule has 1 fully saturated rings. The number of rotatable bonds is 4. The number of piperidine rings is 1. The number of hydrogen-bond acceptors (Lipinski definition) is 3. The Bertz CT molecular complexity index is 961. The molecule has 7 heteroatoms. The fourth-order valence-corrected chi connectivity index (χ4v) is 5.43. The maximum absolute atomic E-state index is 13.2. The van der Waals surface area contributed by atoms with Gasteiger partial charge in [0.1, 0.15) is 4.90 Å². The molecule has 1 heterocycles. The summed E-state index contributed by atoms with van der Waals surface area (Å²) in [5, 5.41) is 6.68. The zero-order valence-corrected chi connectivity index (χ0v) is 18.2. The molecule has 2 N–H and O–H groups in total. The molecule has 1 aliphatic heterocycles. The SMILES string of the molecule is Cc1ccc(NC(=S)Nc2c(C)cccc2C)c(S(=O)(=O)N2CCCCC2)c1. The van der Waals surface area contributed by atoms with E-state index in [1.165, 1.54) is 0 Å². The Morgan fingerprint density at radius 2 is 1.61 bits per heavy atom. The molecule has 5 nitrogen and oxygen atoms in total. The van der Waals surface area contributed by atoms with Crippen LogP contribution in [0.15, 0.2) is 41.3 Å². The van der Waals surface area contributed by atoms with E-state index in [2.05, 4.69) is 10.6 Å². The second-order valence-corrected chi connectivity index (χ2v) is 9.62. The van der Waals surface area contributed by atoms with Crippen molar-refractivity contribution < 1.29 is 8.42 Å². The smallest absolute Gasteiger partial charge is 0.245 e. The van der Waals surface area contributed by atoms with Crippen LogP contribution in [-0.4, -0.2) is 30.9 Å². The Morgan fingerprint density at radius 3 is 2.25 bits per heavy atom. The fraction of sp³-hybridized carbons (Fsp3) is 0.381. The van der Waals surface area contributed by atoms with Crippen LogP contribution in [0.4, 0.5) is 11.4 Å². The van der Waals surface area contributed by atoms with Gasteiger partial charge in [-0.3, -0.25) is 0 Å². The van der Waals surface area contributed by atoms with E-state index in [1.807, 2.05) is 45.0 Å². The van der Waals surface area contributed by atoms with Crippen molar-refractivity contribution in [1.29, 1.82) is 0 Å². The van der Waals surface area contributed by atoms with Crippen molar-refractivity contribution in [1.82, 2.24) is 4.31 Å². The van der Waals surface area contributed by atoms with Gasteiger partial charge in [-0.05, 0) is 74.7 Å². The molecule has 150 valence electrons. The maximum Gasteiger partial charge on any atom is 0.245 e. The number of sulfonamides is 1. The Kier molecular flexibility index (Phi) is 6.37. The molecule has 0 atom stereocenters. The lowest BCUT2D eigenvalue weighted by Gasteiger charge is -2.27. The standard InChI is InChI=1S/C21H27N3O2S2/c1-15-10-11-18(19(14-15)28(25,26)24-12-5-4-6-13-24)22-21(27)23-20-16(2)8-7-9-17(20)3/h7-11,14H,4-6,12-13H2,1-3H3,(H2,22,23,27). The third kappa shape index (κ3) is 4.54. The number of para-hydroxylation sites is 1. The topological polar surface area (TPSA) is 61.4 Å². The first-order valence-corrected chi connectivity index (χ1v) is 11.4. The summed E-state index contributed by atoms with van der Waals surface area (Å²) in [5.74, 6) is 0. The summed E-state index contributed by atoms with van der Waals surface area (Å²) in [6.07, 6.45) is 2.88. The lowest BCUT2D eigenvalue weighted by Crippen LogP contribution is -2.36. The Labute approximate surface area is 173 Å². The molecule has 28 heavy (non-hydrogen) atoms. The molecule has 0 unspecified atom stereocenters. The summed E-state index contributed by atoms with van der Waals surface area (Å²) in [4.78, 5) is 0.278. The highest BCUT2D eigenvalue weighted by Gasteiger charge is 2.28. The highest BCUT2D eigenvalue weighted by molar-refractivity contribution is 7.89. The molecule has 2 aromatic carbocycles. The second-order valence-electron chi connectivity index (χ2n) is 7.31. The van der Waals surface area contributed by atoms with Crippen LogP contribution in [0.25, 0.3) is 0 Å². The number of benzene rings is 2. The number of thiocarbonyl (C=S) groups is 1. The Balaban J connectivity index is 1.87. The maximum atomic E-state index is 13.2. The van der Waals surface area contributed by atoms with Gasteiger partial charge in [-0.1, -0.05) is 30.7 Å². The first-order valence-electron chi connectivity index (χ1n) is 9.54. The van der Waals surface area contributed by atoms with E-state index in [4.69, 9.17) is 12.2 Å². The fourth-order valence-electron chi connectivity index (χ4n) is 3.47. The van der Waals surface area contributed by atoms with Gasteiger partial charge in [-0.25, -0.2) is 8.42 Å². The van der Waals surface area contributed by atoms with E-state index in [0.29, 0.717) is 23.9 Å². The lowest BCUT2D eigenvalue weighted by atomic mass is 10.1. The summed E-state index contributed by atoms with van der Waals surface area (Å²) in [6.45, 7) is 7.06. The lowest BCUT2D eigenvalue weighted by molar-refractivity contribution is 0.347. The molecule has 0 spiro atoms. The number of hydrogen-bond donors (Lipinski definition) is 2. The summed E-state index contributed by atoms with van der Waals surface area (Å²) >= 11 is 5.48. The molecule has 1 saturated heterocycles. The van der Waals surface area contributed by atoms with Gasteiger partial charge in [-0.2, -0.15) is 4.31 Å². The Hall–Kier alpha value is -1.96. The van der Waals surface area contributed by atoms with Gasteiger partial charge in [0.2, 0.25) is 10.0 Å². The quantitative estimate of drug-likeness (QED) is 0.712. The third-order valence-electron chi connectivity index (χ3n) is 5.04. The largest absolute Gasteiger partial charge is 0.332 e. The first-order chi connectivity index (χ1) is 13.3. The minimum atomic E-state index is -3.57. The van der Waals surface area contributed by atoms with Gasteiger partial charge in [0.05, 0.1) is 5.69 Å². The van der Waals surface area contributed by atoms with Gasteiger partial charge in [0, 0.05) is 18.8 Å². The summed E-state index contributed by atoms with van der Waals surface area (Å²) < 4.78 is 28.0. The van der Waals surface area contributed by atoms with Crippen LogP contribution < -0.4 is 10.6 Å². The van der Waals surface area contributed by atoms with Crippen molar-refractivity contribution in [2.75, 3.05) is 23.7 Å². The van der Waals surface area contributed by atoms with E-state index < -0.39 is 10.0 Å². The van der Waals surface area contributed by atoms with Crippen LogP contribution in [0, 0.1) is 20.8 Å². The van der Waals surface area contributed by atoms with Gasteiger partial charge in [0.25, 0.3) is 0 Å². The first kappa shape index (κ1) is 20.8. The van der Waals surface area contributed by atoms with Crippen molar-refractivity contribution in [3.05, 3.63) is 53.1 Å². The molecule has 3 rings (SSSR count). The van der Waals surface area contributed by atoms with E-state index in [1.54, 1.807) is 16.4 Å². The predicted molar refractivity (Wildman–Crippen MR) is 120 cm³/mol. The molecule has 1 aliphatic rings. The minimum absolute atomic E-state index is 0.278. The van der Waals surface area contributed by atoms with Gasteiger partial charge < -0.3 is 10.6 Å². The molecular weight excluding hydrogens is 390 g/mol. The van der Waals surface area contributed by atoms with Crippen LogP contribution in [0.2, 0.25) is 0 Å². The number of nitrogens with zero attached hydrogens (tertiary/aromatic N) is 1. The molecule has 0 saturated carbocycles. The third-order valence-corrected chi connectivity index (χ3v) is 7.18. The number of nitrogens with one attached hydrogen (secondary N) is 2. The molecule has 0 amide bonds. The van der Waals surface area contributed by atoms with Crippen molar-refractivity contribution in [3.63, 3.8) is 0 Å². The van der Waals surface area contributed by atoms with E-state index in [0.717, 1.165) is 41.6 Å². The number of aryl methyl sites for hydroxylation is 3. The normalized spacial score (nSPS) is 15.2. The molecule has 0 aliphatic carbocycles. The average molecular weight is 418 g/mol. The van der Waals surface area contributed by atoms with Gasteiger partial charge in [0.15, 0.2) is 5.11 Å². The molecule has 2 aromatic rings. The van der Waals surface area contributed by atoms with Crippen molar-refractivity contribution in [2.45, 2.75) is 44.9 Å². The monoisotopic (exact) mass is 417 g/mol. The van der Waals surface area contributed by atoms with E-state index in [9.17, 15) is 8.42 Å². The molecule has 0 radical (unpaired) electrons. The average Bonchev–Trinajstić information content (AvgIpc) is 2.67. The minimum Gasteiger partial charge on any atom is -0.332 e. The molecule has 0 bridgehead atoms. The highest BCUT2D eigenvalue weighted by Crippen LogP contribution is 2.28. The van der Waals surface area contributed by atoms with Gasteiger partial charge >= 0.3 is 0 Å².